The highest BCUT2D eigenvalue weighted by molar-refractivity contribution is 5.99. The molecule has 4 heteroatoms. The fourth-order valence-corrected chi connectivity index (χ4v) is 1.49. The smallest absolute Gasteiger partial charge is 0.334 e. The van der Waals surface area contributed by atoms with Crippen LogP contribution < -0.4 is 0 Å². The molecule has 0 amide bonds. The summed E-state index contributed by atoms with van der Waals surface area (Å²) >= 11 is 0. The Morgan fingerprint density at radius 2 is 1.77 bits per heavy atom. The van der Waals surface area contributed by atoms with Crippen LogP contribution in [0.4, 0.5) is 0 Å². The molecule has 0 aromatic carbocycles. The number of carbonyl (C=O) groups excluding carboxylic acids is 1. The lowest BCUT2D eigenvalue weighted by Gasteiger charge is -2.15. The molecule has 1 rings (SSSR count). The summed E-state index contributed by atoms with van der Waals surface area (Å²) in [6.45, 7) is 0. The van der Waals surface area contributed by atoms with E-state index in [9.17, 15) is 9.59 Å². The van der Waals surface area contributed by atoms with E-state index in [-0.39, 0.29) is 5.57 Å². The highest BCUT2D eigenvalue weighted by atomic mass is 16.5. The zero-order valence-electron chi connectivity index (χ0n) is 7.50. The van der Waals surface area contributed by atoms with Gasteiger partial charge < -0.3 is 9.84 Å². The van der Waals surface area contributed by atoms with E-state index in [0.717, 1.165) is 12.8 Å². The van der Waals surface area contributed by atoms with E-state index in [4.69, 9.17) is 5.11 Å². The Kier molecular flexibility index (Phi) is 3.06. The van der Waals surface area contributed by atoms with Crippen LogP contribution in [0.3, 0.4) is 0 Å². The summed E-state index contributed by atoms with van der Waals surface area (Å²) in [6.07, 6.45) is 2.69. The maximum atomic E-state index is 11.1. The van der Waals surface area contributed by atoms with Gasteiger partial charge in [0.25, 0.3) is 0 Å². The maximum Gasteiger partial charge on any atom is 0.334 e. The fraction of sp³-hybridized carbons (Fsp3) is 0.556. The molecule has 1 aliphatic rings. The summed E-state index contributed by atoms with van der Waals surface area (Å²) in [4.78, 5) is 21.9. The van der Waals surface area contributed by atoms with Crippen molar-refractivity contribution in [3.05, 3.63) is 11.1 Å². The van der Waals surface area contributed by atoms with Gasteiger partial charge in [0.2, 0.25) is 0 Å². The highest BCUT2D eigenvalue weighted by Crippen LogP contribution is 2.25. The molecule has 0 radical (unpaired) electrons. The molecule has 13 heavy (non-hydrogen) atoms. The quantitative estimate of drug-likeness (QED) is 0.653. The molecule has 0 aliphatic heterocycles. The fourth-order valence-electron chi connectivity index (χ4n) is 1.49. The standard InChI is InChI=1S/C9H12O4/c1-13-9(12)7-5-3-2-4-6(7)8(10)11/h2-5H2,1H3,(H,10,11). The van der Waals surface area contributed by atoms with Crippen molar-refractivity contribution in [2.24, 2.45) is 0 Å². The first-order chi connectivity index (χ1) is 6.16. The van der Waals surface area contributed by atoms with E-state index in [1.807, 2.05) is 0 Å². The van der Waals surface area contributed by atoms with Gasteiger partial charge in [-0.2, -0.15) is 0 Å². The van der Waals surface area contributed by atoms with Gasteiger partial charge in [-0.1, -0.05) is 0 Å². The number of carboxylic acid groups (broad SMARTS) is 1. The number of rotatable bonds is 2. The average molecular weight is 184 g/mol. The van der Waals surface area contributed by atoms with Gasteiger partial charge in [0.15, 0.2) is 0 Å². The van der Waals surface area contributed by atoms with Crippen LogP contribution in [0.2, 0.25) is 0 Å². The van der Waals surface area contributed by atoms with Crippen LogP contribution in [0.25, 0.3) is 0 Å². The Morgan fingerprint density at radius 1 is 1.23 bits per heavy atom. The average Bonchev–Trinajstić information content (AvgIpc) is 2.16. The molecule has 1 N–H and O–H groups in total. The molecule has 0 bridgehead atoms. The largest absolute Gasteiger partial charge is 0.478 e. The monoisotopic (exact) mass is 184 g/mol. The van der Waals surface area contributed by atoms with Gasteiger partial charge in [0.05, 0.1) is 7.11 Å². The first kappa shape index (κ1) is 9.77. The number of aliphatic carboxylic acids is 1. The lowest BCUT2D eigenvalue weighted by Crippen LogP contribution is -2.16. The SMILES string of the molecule is COC(=O)C1=C(C(=O)O)CCCC1. The van der Waals surface area contributed by atoms with Crippen molar-refractivity contribution in [3.63, 3.8) is 0 Å². The Balaban J connectivity index is 2.96. The van der Waals surface area contributed by atoms with Gasteiger partial charge in [-0.15, -0.1) is 0 Å². The number of methoxy groups -OCH3 is 1. The number of carbonyl (C=O) groups is 2. The summed E-state index contributed by atoms with van der Waals surface area (Å²) in [5.74, 6) is -1.50. The third kappa shape index (κ3) is 2.08. The molecule has 0 unspecified atom stereocenters. The van der Waals surface area contributed by atoms with Crippen LogP contribution in [-0.2, 0) is 14.3 Å². The third-order valence-corrected chi connectivity index (χ3v) is 2.16. The van der Waals surface area contributed by atoms with Gasteiger partial charge in [0.1, 0.15) is 0 Å². The maximum absolute atomic E-state index is 11.1. The van der Waals surface area contributed by atoms with E-state index in [0.29, 0.717) is 18.4 Å². The molecule has 0 saturated heterocycles. The van der Waals surface area contributed by atoms with Gasteiger partial charge in [-0.25, -0.2) is 9.59 Å². The minimum absolute atomic E-state index is 0.220. The summed E-state index contributed by atoms with van der Waals surface area (Å²) in [5.41, 5.74) is 0.555. The molecule has 1 aliphatic carbocycles. The van der Waals surface area contributed by atoms with Crippen molar-refractivity contribution in [2.75, 3.05) is 7.11 Å². The minimum Gasteiger partial charge on any atom is -0.478 e. The Morgan fingerprint density at radius 3 is 2.23 bits per heavy atom. The number of hydrogen-bond donors (Lipinski definition) is 1. The predicted octanol–water partition coefficient (Wildman–Crippen LogP) is 1.11. The second-order valence-electron chi connectivity index (χ2n) is 2.96. The van der Waals surface area contributed by atoms with E-state index in [1.54, 1.807) is 0 Å². The van der Waals surface area contributed by atoms with Crippen molar-refractivity contribution in [2.45, 2.75) is 25.7 Å². The Hall–Kier alpha value is -1.32. The van der Waals surface area contributed by atoms with Crippen LogP contribution >= 0.6 is 0 Å². The molecule has 0 atom stereocenters. The zero-order valence-corrected chi connectivity index (χ0v) is 7.50. The second-order valence-corrected chi connectivity index (χ2v) is 2.96. The van der Waals surface area contributed by atoms with Crippen LogP contribution in [0.15, 0.2) is 11.1 Å². The number of hydrogen-bond acceptors (Lipinski definition) is 3. The Bertz CT molecular complexity index is 265. The van der Waals surface area contributed by atoms with E-state index in [2.05, 4.69) is 4.74 Å². The number of carboxylic acids is 1. The van der Waals surface area contributed by atoms with Crippen LogP contribution in [0.1, 0.15) is 25.7 Å². The third-order valence-electron chi connectivity index (χ3n) is 2.16. The molecule has 0 spiro atoms. The van der Waals surface area contributed by atoms with Crippen LogP contribution in [-0.4, -0.2) is 24.2 Å². The van der Waals surface area contributed by atoms with Crippen molar-refractivity contribution >= 4 is 11.9 Å². The van der Waals surface area contributed by atoms with Crippen LogP contribution in [0, 0.1) is 0 Å². The van der Waals surface area contributed by atoms with Crippen molar-refractivity contribution in [1.82, 2.24) is 0 Å². The first-order valence-corrected chi connectivity index (χ1v) is 4.20. The van der Waals surface area contributed by atoms with Crippen molar-refractivity contribution in [3.8, 4) is 0 Å². The molecule has 0 saturated carbocycles. The Labute approximate surface area is 76.2 Å². The van der Waals surface area contributed by atoms with Gasteiger partial charge in [-0.05, 0) is 25.7 Å². The van der Waals surface area contributed by atoms with Gasteiger partial charge in [-0.3, -0.25) is 0 Å². The molecule has 4 nitrogen and oxygen atoms in total. The minimum atomic E-state index is -1.000. The molecule has 0 aromatic heterocycles. The lowest BCUT2D eigenvalue weighted by molar-refractivity contribution is -0.138. The first-order valence-electron chi connectivity index (χ1n) is 4.20. The van der Waals surface area contributed by atoms with E-state index < -0.39 is 11.9 Å². The summed E-state index contributed by atoms with van der Waals surface area (Å²) in [5, 5.41) is 8.79. The molecule has 0 fully saturated rings. The van der Waals surface area contributed by atoms with Gasteiger partial charge >= 0.3 is 11.9 Å². The molecule has 0 aromatic rings. The lowest BCUT2D eigenvalue weighted by atomic mass is 9.92. The summed E-state index contributed by atoms with van der Waals surface area (Å²) in [6, 6.07) is 0. The predicted molar refractivity (Wildman–Crippen MR) is 45.1 cm³/mol. The number of esters is 1. The second kappa shape index (κ2) is 4.07. The molecule has 72 valence electrons. The van der Waals surface area contributed by atoms with E-state index >= 15 is 0 Å². The molecular formula is C9H12O4. The molecular weight excluding hydrogens is 172 g/mol. The normalized spacial score (nSPS) is 17.0. The van der Waals surface area contributed by atoms with E-state index in [1.165, 1.54) is 7.11 Å². The highest BCUT2D eigenvalue weighted by Gasteiger charge is 2.23. The zero-order chi connectivity index (χ0) is 9.84. The summed E-state index contributed by atoms with van der Waals surface area (Å²) in [7, 11) is 1.27. The summed E-state index contributed by atoms with van der Waals surface area (Å²) < 4.78 is 4.51. The molecule has 0 heterocycles. The van der Waals surface area contributed by atoms with Crippen molar-refractivity contribution < 1.29 is 19.4 Å². The van der Waals surface area contributed by atoms with Crippen LogP contribution in [0.5, 0.6) is 0 Å². The topological polar surface area (TPSA) is 63.6 Å². The number of ether oxygens (including phenoxy) is 1. The van der Waals surface area contributed by atoms with Gasteiger partial charge in [0, 0.05) is 11.1 Å². The van der Waals surface area contributed by atoms with Crippen molar-refractivity contribution in [1.29, 1.82) is 0 Å².